The van der Waals surface area contributed by atoms with Gasteiger partial charge in [0.05, 0.1) is 0 Å². The molecule has 0 saturated carbocycles. The quantitative estimate of drug-likeness (QED) is 0.455. The molecular formula is C7H10OS. The van der Waals surface area contributed by atoms with Crippen LogP contribution in [-0.4, -0.2) is 5.12 Å². The van der Waals surface area contributed by atoms with E-state index in [-0.39, 0.29) is 17.0 Å². The Bertz CT molecular complexity index is 145. The molecule has 2 unspecified atom stereocenters. The van der Waals surface area contributed by atoms with E-state index in [0.717, 1.165) is 0 Å². The molecule has 0 spiro atoms. The lowest BCUT2D eigenvalue weighted by Crippen LogP contribution is -2.12. The summed E-state index contributed by atoms with van der Waals surface area (Å²) in [5.41, 5.74) is 0. The van der Waals surface area contributed by atoms with E-state index in [4.69, 9.17) is 6.42 Å². The molecule has 0 aromatic carbocycles. The van der Waals surface area contributed by atoms with Gasteiger partial charge in [0.25, 0.3) is 0 Å². The average molecular weight is 142 g/mol. The van der Waals surface area contributed by atoms with Gasteiger partial charge >= 0.3 is 0 Å². The molecule has 0 amide bonds. The van der Waals surface area contributed by atoms with Crippen molar-refractivity contribution >= 4 is 17.7 Å². The summed E-state index contributed by atoms with van der Waals surface area (Å²) in [6, 6.07) is 0. The van der Waals surface area contributed by atoms with Gasteiger partial charge in [-0.25, -0.2) is 0 Å². The number of carbonyl (C=O) groups is 1. The van der Waals surface area contributed by atoms with E-state index < -0.39 is 0 Å². The first-order valence-corrected chi connectivity index (χ1v) is 3.23. The van der Waals surface area contributed by atoms with Gasteiger partial charge in [-0.2, -0.15) is 0 Å². The minimum Gasteiger partial charge on any atom is -0.287 e. The summed E-state index contributed by atoms with van der Waals surface area (Å²) < 4.78 is 0. The van der Waals surface area contributed by atoms with Crippen LogP contribution >= 0.6 is 12.6 Å². The third-order valence-corrected chi connectivity index (χ3v) is 1.81. The van der Waals surface area contributed by atoms with E-state index in [2.05, 4.69) is 18.5 Å². The van der Waals surface area contributed by atoms with E-state index in [9.17, 15) is 4.79 Å². The molecule has 2 atom stereocenters. The lowest BCUT2D eigenvalue weighted by molar-refractivity contribution is -0.114. The second kappa shape index (κ2) is 3.58. The zero-order chi connectivity index (χ0) is 7.44. The first kappa shape index (κ1) is 8.58. The van der Waals surface area contributed by atoms with E-state index in [1.54, 1.807) is 6.92 Å². The fourth-order valence-electron chi connectivity index (χ4n) is 0.358. The van der Waals surface area contributed by atoms with Crippen molar-refractivity contribution in [1.82, 2.24) is 0 Å². The van der Waals surface area contributed by atoms with Crippen molar-refractivity contribution in [2.24, 2.45) is 11.8 Å². The van der Waals surface area contributed by atoms with Crippen molar-refractivity contribution in [3.05, 3.63) is 0 Å². The maximum absolute atomic E-state index is 10.5. The molecule has 0 radical (unpaired) electrons. The van der Waals surface area contributed by atoms with Crippen LogP contribution < -0.4 is 0 Å². The maximum Gasteiger partial charge on any atom is 0.189 e. The number of hydrogen-bond acceptors (Lipinski definition) is 1. The molecule has 0 aliphatic heterocycles. The normalized spacial score (nSPS) is 15.8. The Morgan fingerprint density at radius 1 is 1.67 bits per heavy atom. The van der Waals surface area contributed by atoms with Crippen molar-refractivity contribution in [2.75, 3.05) is 0 Å². The first-order valence-electron chi connectivity index (χ1n) is 2.78. The summed E-state index contributed by atoms with van der Waals surface area (Å²) in [6.07, 6.45) is 5.07. The number of carbonyl (C=O) groups excluding carboxylic acids is 1. The highest BCUT2D eigenvalue weighted by Gasteiger charge is 2.13. The smallest absolute Gasteiger partial charge is 0.189 e. The van der Waals surface area contributed by atoms with Gasteiger partial charge in [0, 0.05) is 11.8 Å². The van der Waals surface area contributed by atoms with Crippen LogP contribution in [0.25, 0.3) is 0 Å². The van der Waals surface area contributed by atoms with Crippen LogP contribution in [0.4, 0.5) is 0 Å². The molecule has 1 nitrogen and oxygen atoms in total. The van der Waals surface area contributed by atoms with Gasteiger partial charge in [-0.15, -0.1) is 25.0 Å². The molecule has 0 fully saturated rings. The van der Waals surface area contributed by atoms with Crippen LogP contribution in [0, 0.1) is 24.2 Å². The standard InChI is InChI=1S/C7H10OS/c1-4-5(2)6(3)7(8)9/h1,5-6H,2-3H3,(H,8,9). The Labute approximate surface area is 61.2 Å². The fraction of sp³-hybridized carbons (Fsp3) is 0.571. The van der Waals surface area contributed by atoms with Gasteiger partial charge in [0.15, 0.2) is 5.12 Å². The van der Waals surface area contributed by atoms with E-state index >= 15 is 0 Å². The van der Waals surface area contributed by atoms with Crippen LogP contribution in [0.2, 0.25) is 0 Å². The highest BCUT2D eigenvalue weighted by atomic mass is 32.1. The first-order chi connectivity index (χ1) is 4.09. The minimum atomic E-state index is -0.138. The Kier molecular flexibility index (Phi) is 3.41. The largest absolute Gasteiger partial charge is 0.287 e. The van der Waals surface area contributed by atoms with Crippen LogP contribution in [0.15, 0.2) is 0 Å². The Morgan fingerprint density at radius 2 is 2.11 bits per heavy atom. The average Bonchev–Trinajstić information content (AvgIpc) is 1.84. The van der Waals surface area contributed by atoms with E-state index in [0.29, 0.717) is 0 Å². The summed E-state index contributed by atoms with van der Waals surface area (Å²) in [5, 5.41) is -0.138. The number of thiol groups is 1. The van der Waals surface area contributed by atoms with Crippen molar-refractivity contribution in [3.63, 3.8) is 0 Å². The Morgan fingerprint density at radius 3 is 2.22 bits per heavy atom. The lowest BCUT2D eigenvalue weighted by atomic mass is 9.99. The van der Waals surface area contributed by atoms with Crippen molar-refractivity contribution in [1.29, 1.82) is 0 Å². The maximum atomic E-state index is 10.5. The monoisotopic (exact) mass is 142 g/mol. The molecular weight excluding hydrogens is 132 g/mol. The number of rotatable bonds is 2. The highest BCUT2D eigenvalue weighted by molar-refractivity contribution is 7.96. The molecule has 9 heavy (non-hydrogen) atoms. The van der Waals surface area contributed by atoms with Crippen molar-refractivity contribution < 1.29 is 4.79 Å². The molecule has 0 aliphatic rings. The third kappa shape index (κ3) is 2.57. The van der Waals surface area contributed by atoms with E-state index in [1.807, 2.05) is 6.92 Å². The van der Waals surface area contributed by atoms with Gasteiger partial charge in [0.2, 0.25) is 0 Å². The minimum absolute atomic E-state index is 0.00463. The Balaban J connectivity index is 3.91. The summed E-state index contributed by atoms with van der Waals surface area (Å²) in [7, 11) is 0. The zero-order valence-electron chi connectivity index (χ0n) is 5.59. The second-order valence-electron chi connectivity index (χ2n) is 2.08. The highest BCUT2D eigenvalue weighted by Crippen LogP contribution is 2.11. The zero-order valence-corrected chi connectivity index (χ0v) is 6.48. The third-order valence-electron chi connectivity index (χ3n) is 1.40. The van der Waals surface area contributed by atoms with Gasteiger partial charge in [-0.1, -0.05) is 13.8 Å². The molecule has 0 bridgehead atoms. The van der Waals surface area contributed by atoms with Crippen LogP contribution in [0.1, 0.15) is 13.8 Å². The summed E-state index contributed by atoms with van der Waals surface area (Å²) >= 11 is 3.65. The molecule has 0 aromatic rings. The second-order valence-corrected chi connectivity index (χ2v) is 2.52. The summed E-state index contributed by atoms with van der Waals surface area (Å²) in [4.78, 5) is 10.5. The van der Waals surface area contributed by atoms with Crippen molar-refractivity contribution in [3.8, 4) is 12.3 Å². The molecule has 0 N–H and O–H groups in total. The molecule has 0 rings (SSSR count). The molecule has 0 saturated heterocycles. The molecule has 50 valence electrons. The summed E-state index contributed by atoms with van der Waals surface area (Å²) in [6.45, 7) is 3.61. The van der Waals surface area contributed by atoms with Gasteiger partial charge in [-0.3, -0.25) is 4.79 Å². The van der Waals surface area contributed by atoms with Gasteiger partial charge in [-0.05, 0) is 0 Å². The Hall–Kier alpha value is -0.420. The molecule has 0 heterocycles. The molecule has 0 aromatic heterocycles. The van der Waals surface area contributed by atoms with Gasteiger partial charge in [0.1, 0.15) is 0 Å². The molecule has 2 heteroatoms. The number of hydrogen-bond donors (Lipinski definition) is 1. The predicted molar refractivity (Wildman–Crippen MR) is 41.2 cm³/mol. The van der Waals surface area contributed by atoms with Crippen LogP contribution in [0.5, 0.6) is 0 Å². The molecule has 0 aliphatic carbocycles. The fourth-order valence-corrected chi connectivity index (χ4v) is 0.582. The SMILES string of the molecule is C#CC(C)C(C)C(=O)S. The summed E-state index contributed by atoms with van der Waals surface area (Å²) in [5.74, 6) is 2.35. The predicted octanol–water partition coefficient (Wildman–Crippen LogP) is 1.35. The van der Waals surface area contributed by atoms with E-state index in [1.165, 1.54) is 0 Å². The van der Waals surface area contributed by atoms with Gasteiger partial charge < -0.3 is 0 Å². The van der Waals surface area contributed by atoms with Crippen LogP contribution in [-0.2, 0) is 4.79 Å². The van der Waals surface area contributed by atoms with Crippen molar-refractivity contribution in [2.45, 2.75) is 13.8 Å². The van der Waals surface area contributed by atoms with Crippen LogP contribution in [0.3, 0.4) is 0 Å². The lowest BCUT2D eigenvalue weighted by Gasteiger charge is -2.08. The number of terminal acetylenes is 1. The topological polar surface area (TPSA) is 17.1 Å².